The number of nitrogen functional groups attached to an aromatic ring is 1. The number of nitrogens with two attached hydrogens (primary N) is 1. The summed E-state index contributed by atoms with van der Waals surface area (Å²) in [6, 6.07) is 5.58. The number of hydrogen-bond acceptors (Lipinski definition) is 11. The summed E-state index contributed by atoms with van der Waals surface area (Å²) in [6.45, 7) is 2.81. The zero-order valence-electron chi connectivity index (χ0n) is 21.3. The van der Waals surface area contributed by atoms with Gasteiger partial charge in [0.15, 0.2) is 34.1 Å². The number of furan rings is 1. The Balaban J connectivity index is 1.11. The van der Waals surface area contributed by atoms with E-state index in [1.165, 1.54) is 10.6 Å². The summed E-state index contributed by atoms with van der Waals surface area (Å²) in [5.41, 5.74) is 8.04. The normalized spacial score (nSPS) is 15.3. The zero-order chi connectivity index (χ0) is 27.8. The molecule has 0 amide bonds. The van der Waals surface area contributed by atoms with E-state index in [0.717, 1.165) is 6.07 Å². The van der Waals surface area contributed by atoms with Gasteiger partial charge in [0.2, 0.25) is 11.8 Å². The summed E-state index contributed by atoms with van der Waals surface area (Å²) in [6.07, 6.45) is 2.08. The molecule has 4 aromatic heterocycles. The number of rotatable bonds is 9. The lowest BCUT2D eigenvalue weighted by molar-refractivity contribution is 0.0523. The number of fused-ring (bicyclic) bond motifs is 3. The van der Waals surface area contributed by atoms with Crippen LogP contribution in [-0.4, -0.2) is 96.3 Å². The van der Waals surface area contributed by atoms with Crippen molar-refractivity contribution in [3.05, 3.63) is 48.5 Å². The second-order valence-electron chi connectivity index (χ2n) is 9.44. The van der Waals surface area contributed by atoms with Crippen molar-refractivity contribution >= 4 is 28.4 Å². The summed E-state index contributed by atoms with van der Waals surface area (Å²) in [5.74, 6) is -0.657. The van der Waals surface area contributed by atoms with Crippen LogP contribution in [0.1, 0.15) is 0 Å². The molecule has 6 rings (SSSR count). The molecule has 0 unspecified atom stereocenters. The summed E-state index contributed by atoms with van der Waals surface area (Å²) in [4.78, 5) is 17.6. The summed E-state index contributed by atoms with van der Waals surface area (Å²) in [7, 11) is 0. The van der Waals surface area contributed by atoms with Gasteiger partial charge in [-0.05, 0) is 12.1 Å². The fourth-order valence-electron chi connectivity index (χ4n) is 4.68. The maximum atomic E-state index is 14.6. The van der Waals surface area contributed by atoms with Crippen molar-refractivity contribution in [3.8, 4) is 17.3 Å². The third-order valence-corrected chi connectivity index (χ3v) is 6.82. The fourth-order valence-corrected chi connectivity index (χ4v) is 4.68. The number of aromatic nitrogens is 6. The largest absolute Gasteiger partial charge is 0.488 e. The van der Waals surface area contributed by atoms with E-state index in [1.807, 2.05) is 9.47 Å². The molecular weight excluding hydrogens is 528 g/mol. The molecule has 13 nitrogen and oxygen atoms in total. The maximum Gasteiger partial charge on any atom is 0.225 e. The number of ether oxygens (including phenoxy) is 1. The fraction of sp³-hybridized carbons (Fsp3) is 0.360. The zero-order valence-corrected chi connectivity index (χ0v) is 21.3. The summed E-state index contributed by atoms with van der Waals surface area (Å²) in [5, 5.41) is 22.8. The standard InChI is InChI=1S/C25H27F2N9O4/c26-16-10-17(27)20(40-13-15(38)12-37)11-18(16)34-6-3-33(4-7-34)5-8-35-14-29-21-23(35)31-25(28)36-24(21)30-22(32-36)19-2-1-9-39-19/h1-2,9-11,14-15,37-38H,3-8,12-13H2,(H2,28,31)/t15-/m0/s1. The molecule has 1 atom stereocenters. The van der Waals surface area contributed by atoms with E-state index in [9.17, 15) is 13.9 Å². The molecule has 0 aliphatic carbocycles. The molecule has 1 aromatic carbocycles. The van der Waals surface area contributed by atoms with Crippen LogP contribution in [0.15, 0.2) is 41.3 Å². The first-order valence-electron chi connectivity index (χ1n) is 12.7. The topological polar surface area (TPSA) is 156 Å². The Morgan fingerprint density at radius 3 is 2.65 bits per heavy atom. The highest BCUT2D eigenvalue weighted by Gasteiger charge is 2.23. The van der Waals surface area contributed by atoms with Crippen molar-refractivity contribution in [2.24, 2.45) is 0 Å². The van der Waals surface area contributed by atoms with Gasteiger partial charge in [0.25, 0.3) is 0 Å². The first kappa shape index (κ1) is 25.9. The Morgan fingerprint density at radius 1 is 1.07 bits per heavy atom. The predicted octanol–water partition coefficient (Wildman–Crippen LogP) is 1.15. The smallest absolute Gasteiger partial charge is 0.225 e. The van der Waals surface area contributed by atoms with Gasteiger partial charge in [0.05, 0.1) is 24.9 Å². The van der Waals surface area contributed by atoms with Gasteiger partial charge in [-0.3, -0.25) is 4.90 Å². The molecule has 0 bridgehead atoms. The Kier molecular flexibility index (Phi) is 6.91. The van der Waals surface area contributed by atoms with Crippen LogP contribution in [0.4, 0.5) is 20.4 Å². The predicted molar refractivity (Wildman–Crippen MR) is 140 cm³/mol. The van der Waals surface area contributed by atoms with E-state index in [-0.39, 0.29) is 24.0 Å². The Labute approximate surface area is 226 Å². The molecule has 15 heteroatoms. The third kappa shape index (κ3) is 4.89. The molecule has 1 aliphatic rings. The number of halogens is 2. The van der Waals surface area contributed by atoms with E-state index in [2.05, 4.69) is 25.0 Å². The molecule has 210 valence electrons. The molecule has 1 saturated heterocycles. The molecule has 4 N–H and O–H groups in total. The van der Waals surface area contributed by atoms with Gasteiger partial charge in [-0.2, -0.15) is 9.50 Å². The molecule has 0 saturated carbocycles. The second-order valence-corrected chi connectivity index (χ2v) is 9.44. The van der Waals surface area contributed by atoms with Crippen molar-refractivity contribution in [2.75, 3.05) is 56.6 Å². The van der Waals surface area contributed by atoms with Gasteiger partial charge >= 0.3 is 0 Å². The molecule has 40 heavy (non-hydrogen) atoms. The van der Waals surface area contributed by atoms with Crippen molar-refractivity contribution < 1.29 is 28.1 Å². The van der Waals surface area contributed by atoms with Crippen LogP contribution >= 0.6 is 0 Å². The van der Waals surface area contributed by atoms with Gasteiger partial charge < -0.3 is 34.6 Å². The minimum atomic E-state index is -1.16. The number of hydrogen-bond donors (Lipinski definition) is 3. The molecule has 1 aliphatic heterocycles. The number of aliphatic hydroxyl groups is 2. The van der Waals surface area contributed by atoms with Crippen molar-refractivity contribution in [2.45, 2.75) is 12.6 Å². The lowest BCUT2D eigenvalue weighted by Gasteiger charge is -2.36. The number of anilines is 2. The first-order chi connectivity index (χ1) is 19.4. The minimum absolute atomic E-state index is 0.178. The molecular formula is C25H27F2N9O4. The van der Waals surface area contributed by atoms with E-state index in [0.29, 0.717) is 67.7 Å². The maximum absolute atomic E-state index is 14.6. The average molecular weight is 556 g/mol. The molecule has 0 spiro atoms. The van der Waals surface area contributed by atoms with Crippen LogP contribution in [0.25, 0.3) is 28.4 Å². The van der Waals surface area contributed by atoms with E-state index < -0.39 is 24.3 Å². The molecule has 5 heterocycles. The van der Waals surface area contributed by atoms with Gasteiger partial charge in [-0.15, -0.1) is 5.10 Å². The number of benzene rings is 1. The van der Waals surface area contributed by atoms with Gasteiger partial charge in [0, 0.05) is 51.4 Å². The van der Waals surface area contributed by atoms with Crippen molar-refractivity contribution in [1.29, 1.82) is 0 Å². The first-order valence-corrected chi connectivity index (χ1v) is 12.7. The average Bonchev–Trinajstić information content (AvgIpc) is 3.72. The quantitative estimate of drug-likeness (QED) is 0.240. The minimum Gasteiger partial charge on any atom is -0.488 e. The highest BCUT2D eigenvalue weighted by molar-refractivity contribution is 5.87. The number of piperazine rings is 1. The van der Waals surface area contributed by atoms with Crippen LogP contribution < -0.4 is 15.4 Å². The lowest BCUT2D eigenvalue weighted by Crippen LogP contribution is -2.47. The highest BCUT2D eigenvalue weighted by Crippen LogP contribution is 2.29. The molecule has 0 radical (unpaired) electrons. The number of imidazole rings is 1. The molecule has 5 aromatic rings. The second kappa shape index (κ2) is 10.7. The summed E-state index contributed by atoms with van der Waals surface area (Å²) >= 11 is 0. The van der Waals surface area contributed by atoms with E-state index in [4.69, 9.17) is 20.0 Å². The monoisotopic (exact) mass is 555 g/mol. The van der Waals surface area contributed by atoms with E-state index >= 15 is 0 Å². The van der Waals surface area contributed by atoms with Gasteiger partial charge in [-0.25, -0.2) is 18.7 Å². The van der Waals surface area contributed by atoms with Gasteiger partial charge in [0.1, 0.15) is 18.5 Å². The van der Waals surface area contributed by atoms with E-state index in [1.54, 1.807) is 24.7 Å². The van der Waals surface area contributed by atoms with Crippen LogP contribution in [0.5, 0.6) is 5.75 Å². The Bertz CT molecular complexity index is 1630. The van der Waals surface area contributed by atoms with Gasteiger partial charge in [-0.1, -0.05) is 0 Å². The number of nitrogens with zero attached hydrogens (tertiary/aromatic N) is 8. The third-order valence-electron chi connectivity index (χ3n) is 6.82. The van der Waals surface area contributed by atoms with Crippen LogP contribution in [0, 0.1) is 11.6 Å². The molecule has 1 fully saturated rings. The van der Waals surface area contributed by atoms with Crippen LogP contribution in [-0.2, 0) is 6.54 Å². The Morgan fingerprint density at radius 2 is 1.90 bits per heavy atom. The van der Waals surface area contributed by atoms with Crippen molar-refractivity contribution in [1.82, 2.24) is 34.0 Å². The number of aliphatic hydroxyl groups excluding tert-OH is 2. The van der Waals surface area contributed by atoms with Crippen LogP contribution in [0.3, 0.4) is 0 Å². The lowest BCUT2D eigenvalue weighted by atomic mass is 10.2. The van der Waals surface area contributed by atoms with Crippen molar-refractivity contribution in [3.63, 3.8) is 0 Å². The SMILES string of the molecule is Nc1nc2c(ncn2CCN2CCN(c3cc(OC[C@@H](O)CO)c(F)cc3F)CC2)c2nc(-c3ccco3)nn12. The highest BCUT2D eigenvalue weighted by atomic mass is 19.1. The Hall–Kier alpha value is -4.34. The van der Waals surface area contributed by atoms with Crippen LogP contribution in [0.2, 0.25) is 0 Å². The summed E-state index contributed by atoms with van der Waals surface area (Å²) < 4.78 is 42.7.